The molecule has 1 heterocycles. The monoisotopic (exact) mass is 344 g/mol. The van der Waals surface area contributed by atoms with Gasteiger partial charge in [-0.2, -0.15) is 0 Å². The normalized spacial score (nSPS) is 29.5. The number of benzene rings is 2. The minimum atomic E-state index is -1.15. The lowest BCUT2D eigenvalue weighted by atomic mass is 9.99. The Kier molecular flexibility index (Phi) is 6.18. The molecule has 1 aliphatic rings. The van der Waals surface area contributed by atoms with Gasteiger partial charge in [0, 0.05) is 0 Å². The molecule has 25 heavy (non-hydrogen) atoms. The molecule has 5 heteroatoms. The molecule has 2 aromatic carbocycles. The molecule has 0 amide bonds. The molecule has 134 valence electrons. The van der Waals surface area contributed by atoms with Crippen molar-refractivity contribution in [3.8, 4) is 0 Å². The van der Waals surface area contributed by atoms with Crippen LogP contribution in [0.4, 0.5) is 0 Å². The summed E-state index contributed by atoms with van der Waals surface area (Å²) >= 11 is 0. The van der Waals surface area contributed by atoms with Crippen molar-refractivity contribution in [2.45, 2.75) is 50.8 Å². The standard InChI is InChI=1S/C20H24O5/c1-14-17(21)18(23-12-15-8-4-2-5-9-15)19(20(22)25-14)24-13-16-10-6-3-7-11-16/h2-11,14,17-22H,12-13H2,1H3/t14-,17+,18+,19-,20?/m1/s1. The van der Waals surface area contributed by atoms with E-state index < -0.39 is 30.7 Å². The van der Waals surface area contributed by atoms with Crippen LogP contribution in [0, 0.1) is 0 Å². The smallest absolute Gasteiger partial charge is 0.184 e. The molecule has 1 aliphatic heterocycles. The highest BCUT2D eigenvalue weighted by Crippen LogP contribution is 2.26. The van der Waals surface area contributed by atoms with Gasteiger partial charge in [0.05, 0.1) is 19.3 Å². The predicted molar refractivity (Wildman–Crippen MR) is 92.6 cm³/mol. The lowest BCUT2D eigenvalue weighted by Crippen LogP contribution is -2.58. The summed E-state index contributed by atoms with van der Waals surface area (Å²) in [7, 11) is 0. The van der Waals surface area contributed by atoms with Gasteiger partial charge in [-0.25, -0.2) is 0 Å². The average molecular weight is 344 g/mol. The third kappa shape index (κ3) is 4.66. The molecule has 1 fully saturated rings. The van der Waals surface area contributed by atoms with Gasteiger partial charge in [0.25, 0.3) is 0 Å². The van der Waals surface area contributed by atoms with E-state index in [1.165, 1.54) is 0 Å². The Morgan fingerprint density at radius 1 is 0.800 bits per heavy atom. The van der Waals surface area contributed by atoms with Crippen molar-refractivity contribution >= 4 is 0 Å². The number of hydrogen-bond acceptors (Lipinski definition) is 5. The van der Waals surface area contributed by atoms with Gasteiger partial charge in [-0.05, 0) is 18.1 Å². The van der Waals surface area contributed by atoms with Crippen LogP contribution in [0.2, 0.25) is 0 Å². The Balaban J connectivity index is 1.67. The van der Waals surface area contributed by atoms with Crippen molar-refractivity contribution in [1.82, 2.24) is 0 Å². The Bertz CT molecular complexity index is 633. The third-order valence-electron chi connectivity index (χ3n) is 4.35. The molecule has 5 nitrogen and oxygen atoms in total. The zero-order valence-corrected chi connectivity index (χ0v) is 14.2. The number of aliphatic hydroxyl groups is 2. The van der Waals surface area contributed by atoms with Crippen LogP contribution in [0.25, 0.3) is 0 Å². The molecule has 0 bridgehead atoms. The van der Waals surface area contributed by atoms with Crippen LogP contribution in [0.1, 0.15) is 18.1 Å². The van der Waals surface area contributed by atoms with Crippen LogP contribution >= 0.6 is 0 Å². The molecule has 0 aliphatic carbocycles. The first-order chi connectivity index (χ1) is 12.1. The highest BCUT2D eigenvalue weighted by molar-refractivity contribution is 5.14. The highest BCUT2D eigenvalue weighted by Gasteiger charge is 2.44. The fourth-order valence-electron chi connectivity index (χ4n) is 2.91. The molecule has 0 spiro atoms. The van der Waals surface area contributed by atoms with Gasteiger partial charge < -0.3 is 24.4 Å². The van der Waals surface area contributed by atoms with E-state index in [0.717, 1.165) is 11.1 Å². The van der Waals surface area contributed by atoms with E-state index in [1.54, 1.807) is 6.92 Å². The lowest BCUT2D eigenvalue weighted by Gasteiger charge is -2.41. The van der Waals surface area contributed by atoms with Crippen molar-refractivity contribution < 1.29 is 24.4 Å². The molecule has 1 unspecified atom stereocenters. The summed E-state index contributed by atoms with van der Waals surface area (Å²) < 4.78 is 17.1. The van der Waals surface area contributed by atoms with Crippen molar-refractivity contribution in [1.29, 1.82) is 0 Å². The lowest BCUT2D eigenvalue weighted by molar-refractivity contribution is -0.300. The van der Waals surface area contributed by atoms with E-state index in [-0.39, 0.29) is 0 Å². The van der Waals surface area contributed by atoms with Crippen LogP contribution in [0.15, 0.2) is 60.7 Å². The molecule has 0 saturated carbocycles. The molecule has 2 N–H and O–H groups in total. The van der Waals surface area contributed by atoms with E-state index in [9.17, 15) is 10.2 Å². The molecule has 2 aromatic rings. The fraction of sp³-hybridized carbons (Fsp3) is 0.400. The van der Waals surface area contributed by atoms with Gasteiger partial charge in [0.15, 0.2) is 6.29 Å². The van der Waals surface area contributed by atoms with Gasteiger partial charge in [-0.3, -0.25) is 0 Å². The van der Waals surface area contributed by atoms with E-state index in [2.05, 4.69) is 0 Å². The zero-order valence-electron chi connectivity index (χ0n) is 14.2. The fourth-order valence-corrected chi connectivity index (χ4v) is 2.91. The van der Waals surface area contributed by atoms with Crippen molar-refractivity contribution in [3.05, 3.63) is 71.8 Å². The summed E-state index contributed by atoms with van der Waals surface area (Å²) in [6, 6.07) is 19.4. The van der Waals surface area contributed by atoms with Crippen molar-refractivity contribution in [3.63, 3.8) is 0 Å². The highest BCUT2D eigenvalue weighted by atomic mass is 16.7. The number of ether oxygens (including phenoxy) is 3. The van der Waals surface area contributed by atoms with E-state index in [4.69, 9.17) is 14.2 Å². The molecule has 0 radical (unpaired) electrons. The maximum absolute atomic E-state index is 10.5. The van der Waals surface area contributed by atoms with Crippen molar-refractivity contribution in [2.24, 2.45) is 0 Å². The first-order valence-corrected chi connectivity index (χ1v) is 8.48. The van der Waals surface area contributed by atoms with Gasteiger partial charge in [-0.15, -0.1) is 0 Å². The molecular weight excluding hydrogens is 320 g/mol. The minimum absolute atomic E-state index is 0.304. The van der Waals surface area contributed by atoms with Crippen molar-refractivity contribution in [2.75, 3.05) is 0 Å². The molecule has 3 rings (SSSR count). The van der Waals surface area contributed by atoms with Crippen LogP contribution in [-0.2, 0) is 27.4 Å². The van der Waals surface area contributed by atoms with E-state index in [0.29, 0.717) is 13.2 Å². The summed E-state index contributed by atoms with van der Waals surface area (Å²) in [5.41, 5.74) is 1.97. The van der Waals surface area contributed by atoms with E-state index in [1.807, 2.05) is 60.7 Å². The Labute approximate surface area is 147 Å². The summed E-state index contributed by atoms with van der Waals surface area (Å²) in [4.78, 5) is 0. The van der Waals surface area contributed by atoms with E-state index >= 15 is 0 Å². The number of aliphatic hydroxyl groups excluding tert-OH is 2. The second kappa shape index (κ2) is 8.56. The quantitative estimate of drug-likeness (QED) is 0.841. The summed E-state index contributed by atoms with van der Waals surface area (Å²) in [5, 5.41) is 20.7. The van der Waals surface area contributed by atoms with Crippen LogP contribution < -0.4 is 0 Å². The minimum Gasteiger partial charge on any atom is -0.388 e. The summed E-state index contributed by atoms with van der Waals surface area (Å²) in [6.45, 7) is 2.34. The van der Waals surface area contributed by atoms with Gasteiger partial charge in [0.2, 0.25) is 0 Å². The largest absolute Gasteiger partial charge is 0.388 e. The number of rotatable bonds is 6. The maximum Gasteiger partial charge on any atom is 0.184 e. The summed E-state index contributed by atoms with van der Waals surface area (Å²) in [6.07, 6.45) is -4.01. The zero-order chi connectivity index (χ0) is 17.6. The van der Waals surface area contributed by atoms with Gasteiger partial charge >= 0.3 is 0 Å². The Morgan fingerprint density at radius 2 is 1.28 bits per heavy atom. The topological polar surface area (TPSA) is 68.2 Å². The SMILES string of the molecule is C[C@H]1OC(O)[C@H](OCc2ccccc2)[C@@H](OCc2ccccc2)[C@H]1O. The first kappa shape index (κ1) is 18.0. The molecular formula is C20H24O5. The molecule has 5 atom stereocenters. The van der Waals surface area contributed by atoms with Gasteiger partial charge in [0.1, 0.15) is 18.3 Å². The van der Waals surface area contributed by atoms with Crippen LogP contribution in [0.3, 0.4) is 0 Å². The first-order valence-electron chi connectivity index (χ1n) is 8.48. The summed E-state index contributed by atoms with van der Waals surface area (Å²) in [5.74, 6) is 0. The Morgan fingerprint density at radius 3 is 1.80 bits per heavy atom. The predicted octanol–water partition coefficient (Wildman–Crippen LogP) is 2.26. The average Bonchev–Trinajstić information content (AvgIpc) is 2.64. The number of hydrogen-bond donors (Lipinski definition) is 2. The van der Waals surface area contributed by atoms with Crippen LogP contribution in [0.5, 0.6) is 0 Å². The van der Waals surface area contributed by atoms with Gasteiger partial charge in [-0.1, -0.05) is 60.7 Å². The maximum atomic E-state index is 10.5. The second-order valence-corrected chi connectivity index (χ2v) is 6.24. The third-order valence-corrected chi connectivity index (χ3v) is 4.35. The molecule has 1 saturated heterocycles. The van der Waals surface area contributed by atoms with Crippen LogP contribution in [-0.4, -0.2) is 40.9 Å². The Hall–Kier alpha value is -1.76. The molecule has 0 aromatic heterocycles. The second-order valence-electron chi connectivity index (χ2n) is 6.24.